The summed E-state index contributed by atoms with van der Waals surface area (Å²) in [6.45, 7) is 13.5. The first-order valence-corrected chi connectivity index (χ1v) is 16.5. The number of anilines is 1. The smallest absolute Gasteiger partial charge is 0.337 e. The largest absolute Gasteiger partial charge is 0.479 e. The van der Waals surface area contributed by atoms with E-state index in [2.05, 4.69) is 9.47 Å². The van der Waals surface area contributed by atoms with E-state index in [0.29, 0.717) is 53.6 Å². The molecule has 0 spiro atoms. The van der Waals surface area contributed by atoms with Gasteiger partial charge in [-0.25, -0.2) is 13.2 Å². The molecule has 1 N–H and O–H groups in total. The molecule has 42 heavy (non-hydrogen) atoms. The molecule has 9 nitrogen and oxygen atoms in total. The molecule has 3 heterocycles. The fraction of sp³-hybridized carbons (Fsp3) is 0.516. The highest BCUT2D eigenvalue weighted by atomic mass is 35.5. The molecule has 2 aromatic carbocycles. The molecule has 0 radical (unpaired) electrons. The van der Waals surface area contributed by atoms with Crippen molar-refractivity contribution in [3.8, 4) is 11.1 Å². The van der Waals surface area contributed by atoms with Crippen LogP contribution >= 0.6 is 11.6 Å². The number of carbonyl (C=O) groups is 1. The van der Waals surface area contributed by atoms with Crippen molar-refractivity contribution in [1.82, 2.24) is 9.47 Å². The molecule has 0 saturated carbocycles. The molecule has 1 fully saturated rings. The van der Waals surface area contributed by atoms with Gasteiger partial charge in [0.05, 0.1) is 42.3 Å². The normalized spacial score (nSPS) is 18.9. The number of nitrogens with zero attached hydrogens (tertiary/aromatic N) is 3. The van der Waals surface area contributed by atoms with Gasteiger partial charge < -0.3 is 19.1 Å². The Kier molecular flexibility index (Phi) is 8.41. The third-order valence-electron chi connectivity index (χ3n) is 8.10. The van der Waals surface area contributed by atoms with Gasteiger partial charge in [0.25, 0.3) is 0 Å². The third-order valence-corrected chi connectivity index (χ3v) is 9.55. The Morgan fingerprint density at radius 3 is 2.38 bits per heavy atom. The van der Waals surface area contributed by atoms with Crippen LogP contribution in [-0.4, -0.2) is 79.7 Å². The first-order valence-electron chi connectivity index (χ1n) is 14.3. The van der Waals surface area contributed by atoms with E-state index in [9.17, 15) is 18.3 Å². The van der Waals surface area contributed by atoms with Gasteiger partial charge in [-0.3, -0.25) is 9.21 Å². The number of ether oxygens (including phenoxy) is 2. The molecular formula is C31H40ClN3O6S. The van der Waals surface area contributed by atoms with Crippen LogP contribution < -0.4 is 4.31 Å². The second-order valence-corrected chi connectivity index (χ2v) is 14.6. The van der Waals surface area contributed by atoms with Crippen LogP contribution in [0.3, 0.4) is 0 Å². The van der Waals surface area contributed by atoms with Crippen LogP contribution in [0.2, 0.25) is 5.02 Å². The maximum absolute atomic E-state index is 13.6. The van der Waals surface area contributed by atoms with E-state index in [1.54, 1.807) is 12.1 Å². The summed E-state index contributed by atoms with van der Waals surface area (Å²) in [5.74, 6) is -1.14. The number of sulfonamides is 1. The van der Waals surface area contributed by atoms with Gasteiger partial charge >= 0.3 is 5.97 Å². The van der Waals surface area contributed by atoms with Gasteiger partial charge in [-0.05, 0) is 75.9 Å². The van der Waals surface area contributed by atoms with E-state index in [0.717, 1.165) is 41.8 Å². The van der Waals surface area contributed by atoms with Crippen LogP contribution in [0, 0.1) is 13.8 Å². The molecule has 228 valence electrons. The summed E-state index contributed by atoms with van der Waals surface area (Å²) in [5.41, 5.74) is 4.02. The molecule has 0 aliphatic carbocycles. The molecular weight excluding hydrogens is 578 g/mol. The number of benzene rings is 2. The standard InChI is InChI=1S/C31H40ClN3O6S/c1-19-17-24-26(21-7-9-22(32)10-8-21)25(29(30(36)37)41-31(3,4)5)20(2)27-28(24)34(19)18-23(35(27)42(6,38)39)11-12-33-13-15-40-16-14-33/h7-10,17,23,29H,11-16,18H2,1-6H3,(H,36,37)/t23-,29-/m0/s1. The summed E-state index contributed by atoms with van der Waals surface area (Å²) in [4.78, 5) is 15.2. The van der Waals surface area contributed by atoms with E-state index < -0.39 is 27.7 Å². The lowest BCUT2D eigenvalue weighted by molar-refractivity contribution is -0.160. The predicted molar refractivity (Wildman–Crippen MR) is 166 cm³/mol. The Morgan fingerprint density at radius 1 is 1.17 bits per heavy atom. The lowest BCUT2D eigenvalue weighted by Crippen LogP contribution is -2.48. The summed E-state index contributed by atoms with van der Waals surface area (Å²) < 4.78 is 42.7. The summed E-state index contributed by atoms with van der Waals surface area (Å²) in [6, 6.07) is 8.98. The molecule has 5 rings (SSSR count). The number of halogens is 1. The second-order valence-electron chi connectivity index (χ2n) is 12.3. The van der Waals surface area contributed by atoms with Crippen molar-refractivity contribution in [3.05, 3.63) is 52.2 Å². The number of hydrogen-bond donors (Lipinski definition) is 1. The van der Waals surface area contributed by atoms with E-state index in [1.165, 1.54) is 10.6 Å². The zero-order valence-corrected chi connectivity index (χ0v) is 26.7. The highest BCUT2D eigenvalue weighted by Crippen LogP contribution is 2.49. The van der Waals surface area contributed by atoms with E-state index in [4.69, 9.17) is 21.1 Å². The summed E-state index contributed by atoms with van der Waals surface area (Å²) in [7, 11) is -3.74. The van der Waals surface area contributed by atoms with Crippen molar-refractivity contribution < 1.29 is 27.8 Å². The van der Waals surface area contributed by atoms with Gasteiger partial charge in [-0.2, -0.15) is 0 Å². The number of hydrogen-bond acceptors (Lipinski definition) is 6. The third kappa shape index (κ3) is 5.92. The van der Waals surface area contributed by atoms with Gasteiger partial charge in [-0.15, -0.1) is 0 Å². The first-order chi connectivity index (χ1) is 19.7. The Labute approximate surface area is 253 Å². The molecule has 2 aliphatic rings. The van der Waals surface area contributed by atoms with Crippen LogP contribution in [0.5, 0.6) is 0 Å². The van der Waals surface area contributed by atoms with Crippen LogP contribution in [0.1, 0.15) is 50.1 Å². The van der Waals surface area contributed by atoms with Crippen LogP contribution in [-0.2, 0) is 30.8 Å². The van der Waals surface area contributed by atoms with Gasteiger partial charge in [0.15, 0.2) is 6.10 Å². The van der Waals surface area contributed by atoms with Crippen LogP contribution in [0.15, 0.2) is 30.3 Å². The lowest BCUT2D eigenvalue weighted by Gasteiger charge is -2.40. The fourth-order valence-corrected chi connectivity index (χ4v) is 7.77. The highest BCUT2D eigenvalue weighted by Gasteiger charge is 2.41. The predicted octanol–water partition coefficient (Wildman–Crippen LogP) is 5.39. The second kappa shape index (κ2) is 11.5. The monoisotopic (exact) mass is 617 g/mol. The van der Waals surface area contributed by atoms with Crippen molar-refractivity contribution >= 4 is 44.2 Å². The number of aromatic nitrogens is 1. The number of rotatable bonds is 8. The topological polar surface area (TPSA) is 101 Å². The molecule has 1 aromatic heterocycles. The molecule has 2 aliphatic heterocycles. The van der Waals surface area contributed by atoms with Crippen LogP contribution in [0.25, 0.3) is 22.0 Å². The van der Waals surface area contributed by atoms with Crippen molar-refractivity contribution in [2.24, 2.45) is 0 Å². The Hall–Kier alpha value is -2.63. The summed E-state index contributed by atoms with van der Waals surface area (Å²) >= 11 is 6.24. The zero-order chi connectivity index (χ0) is 30.6. The minimum absolute atomic E-state index is 0.343. The van der Waals surface area contributed by atoms with Gasteiger partial charge in [0, 0.05) is 47.8 Å². The van der Waals surface area contributed by atoms with Gasteiger partial charge in [0.2, 0.25) is 10.0 Å². The molecule has 3 aromatic rings. The van der Waals surface area contributed by atoms with Crippen molar-refractivity contribution in [1.29, 1.82) is 0 Å². The minimum atomic E-state index is -3.74. The summed E-state index contributed by atoms with van der Waals surface area (Å²) in [6.07, 6.45) is 0.522. The Bertz CT molecular complexity index is 1600. The van der Waals surface area contributed by atoms with Gasteiger partial charge in [-0.1, -0.05) is 23.7 Å². The van der Waals surface area contributed by atoms with Crippen molar-refractivity contribution in [2.75, 3.05) is 43.4 Å². The average molecular weight is 618 g/mol. The maximum Gasteiger partial charge on any atom is 0.337 e. The minimum Gasteiger partial charge on any atom is -0.479 e. The average Bonchev–Trinajstić information content (AvgIpc) is 3.23. The number of aryl methyl sites for hydroxylation is 1. The molecule has 11 heteroatoms. The van der Waals surface area contributed by atoms with Crippen molar-refractivity contribution in [3.63, 3.8) is 0 Å². The number of aliphatic carboxylic acids is 1. The maximum atomic E-state index is 13.6. The highest BCUT2D eigenvalue weighted by molar-refractivity contribution is 7.92. The number of carboxylic acid groups (broad SMARTS) is 1. The summed E-state index contributed by atoms with van der Waals surface area (Å²) in [5, 5.41) is 11.9. The Balaban J connectivity index is 1.79. The SMILES string of the molecule is Cc1c([C@H](OC(C)(C)C)C(=O)O)c(-c2ccc(Cl)cc2)c2cc(C)n3c2c1N(S(C)(=O)=O)[C@@H](CCN1CCOCC1)C3. The van der Waals surface area contributed by atoms with Gasteiger partial charge in [0.1, 0.15) is 0 Å². The van der Waals surface area contributed by atoms with Crippen LogP contribution in [0.4, 0.5) is 5.69 Å². The molecule has 2 atom stereocenters. The fourth-order valence-electron chi connectivity index (χ4n) is 6.38. The molecule has 0 bridgehead atoms. The Morgan fingerprint density at radius 2 is 1.81 bits per heavy atom. The van der Waals surface area contributed by atoms with E-state index in [-0.39, 0.29) is 6.04 Å². The van der Waals surface area contributed by atoms with E-state index >= 15 is 0 Å². The zero-order valence-electron chi connectivity index (χ0n) is 25.1. The first kappa shape index (κ1) is 30.8. The molecule has 1 saturated heterocycles. The number of carboxylic acids is 1. The number of morpholine rings is 1. The molecule has 0 unspecified atom stereocenters. The van der Waals surface area contributed by atoms with E-state index in [1.807, 2.05) is 52.8 Å². The lowest BCUT2D eigenvalue weighted by atomic mass is 9.87. The quantitative estimate of drug-likeness (QED) is 0.362. The van der Waals surface area contributed by atoms with Crippen molar-refractivity contribution in [2.45, 2.75) is 65.3 Å². The molecule has 0 amide bonds.